The molecule has 0 aliphatic heterocycles. The van der Waals surface area contributed by atoms with E-state index in [4.69, 9.17) is 4.42 Å². The van der Waals surface area contributed by atoms with Crippen LogP contribution < -0.4 is 10.3 Å². The molecule has 1 saturated carbocycles. The van der Waals surface area contributed by atoms with Crippen LogP contribution in [0.15, 0.2) is 44.4 Å². The van der Waals surface area contributed by atoms with Gasteiger partial charge in [-0.3, -0.25) is 0 Å². The van der Waals surface area contributed by atoms with E-state index < -0.39 is 21.8 Å². The number of nitrogens with one attached hydrogen (secondary N) is 1. The highest BCUT2D eigenvalue weighted by Crippen LogP contribution is 2.23. The second-order valence-corrected chi connectivity index (χ2v) is 6.61. The van der Waals surface area contributed by atoms with Gasteiger partial charge in [-0.05, 0) is 37.1 Å². The van der Waals surface area contributed by atoms with Gasteiger partial charge < -0.3 is 9.52 Å². The van der Waals surface area contributed by atoms with E-state index >= 15 is 0 Å². The van der Waals surface area contributed by atoms with Gasteiger partial charge in [0, 0.05) is 17.5 Å². The molecule has 1 aliphatic rings. The Balaban J connectivity index is 1.93. The van der Waals surface area contributed by atoms with Crippen LogP contribution in [0.4, 0.5) is 0 Å². The first-order valence-corrected chi connectivity index (χ1v) is 7.67. The Hall–Kier alpha value is -1.70. The van der Waals surface area contributed by atoms with Gasteiger partial charge in [-0.25, -0.2) is 17.9 Å². The van der Waals surface area contributed by atoms with Crippen LogP contribution in [0.5, 0.6) is 0 Å². The van der Waals surface area contributed by atoms with Crippen LogP contribution in [-0.4, -0.2) is 25.7 Å². The van der Waals surface area contributed by atoms with Crippen molar-refractivity contribution < 1.29 is 17.9 Å². The molecule has 2 N–H and O–H groups in total. The van der Waals surface area contributed by atoms with E-state index in [2.05, 4.69) is 4.72 Å². The molecule has 1 aromatic heterocycles. The molecule has 2 aromatic rings. The largest absolute Gasteiger partial charge is 0.423 e. The van der Waals surface area contributed by atoms with Gasteiger partial charge in [-0.1, -0.05) is 0 Å². The molecule has 0 spiro atoms. The topological polar surface area (TPSA) is 96.6 Å². The molecule has 7 heteroatoms. The first-order chi connectivity index (χ1) is 9.44. The number of aliphatic hydroxyl groups is 1. The SMILES string of the molecule is O=c1ccc2cc(S(=O)(=O)NC3CC(O)C3)ccc2o1. The van der Waals surface area contributed by atoms with Crippen LogP contribution in [0.2, 0.25) is 0 Å². The standard InChI is InChI=1S/C13H13NO5S/c15-10-6-9(7-10)14-20(17,18)11-2-3-12-8(5-11)1-4-13(16)19-12/h1-5,9-10,14-15H,6-7H2. The smallest absolute Gasteiger partial charge is 0.336 e. The fourth-order valence-corrected chi connectivity index (χ4v) is 3.49. The molecule has 1 fully saturated rings. The van der Waals surface area contributed by atoms with Gasteiger partial charge >= 0.3 is 5.63 Å². The summed E-state index contributed by atoms with van der Waals surface area (Å²) in [5, 5.41) is 9.72. The van der Waals surface area contributed by atoms with Crippen molar-refractivity contribution in [2.45, 2.75) is 29.9 Å². The van der Waals surface area contributed by atoms with E-state index in [1.165, 1.54) is 30.3 Å². The third-order valence-electron chi connectivity index (χ3n) is 3.34. The van der Waals surface area contributed by atoms with E-state index in [1.807, 2.05) is 0 Å². The first-order valence-electron chi connectivity index (χ1n) is 6.18. The molecule has 106 valence electrons. The number of sulfonamides is 1. The van der Waals surface area contributed by atoms with Crippen LogP contribution in [0.1, 0.15) is 12.8 Å². The van der Waals surface area contributed by atoms with Gasteiger partial charge in [-0.15, -0.1) is 0 Å². The predicted molar refractivity (Wildman–Crippen MR) is 71.8 cm³/mol. The summed E-state index contributed by atoms with van der Waals surface area (Å²) < 4.78 is 31.8. The Kier molecular flexibility index (Phi) is 3.12. The summed E-state index contributed by atoms with van der Waals surface area (Å²) in [7, 11) is -3.63. The molecular weight excluding hydrogens is 282 g/mol. The minimum atomic E-state index is -3.63. The van der Waals surface area contributed by atoms with Gasteiger partial charge in [0.2, 0.25) is 10.0 Å². The summed E-state index contributed by atoms with van der Waals surface area (Å²) >= 11 is 0. The lowest BCUT2D eigenvalue weighted by Gasteiger charge is -2.31. The monoisotopic (exact) mass is 295 g/mol. The van der Waals surface area contributed by atoms with Crippen molar-refractivity contribution in [1.82, 2.24) is 4.72 Å². The van der Waals surface area contributed by atoms with Gasteiger partial charge in [0.25, 0.3) is 0 Å². The second kappa shape index (κ2) is 4.69. The van der Waals surface area contributed by atoms with Crippen molar-refractivity contribution in [2.24, 2.45) is 0 Å². The first kappa shape index (κ1) is 13.3. The molecule has 1 aliphatic carbocycles. The van der Waals surface area contributed by atoms with Crippen LogP contribution in [0, 0.1) is 0 Å². The fourth-order valence-electron chi connectivity index (χ4n) is 2.19. The lowest BCUT2D eigenvalue weighted by Crippen LogP contribution is -2.46. The summed E-state index contributed by atoms with van der Waals surface area (Å²) in [6.45, 7) is 0. The lowest BCUT2D eigenvalue weighted by molar-refractivity contribution is 0.0712. The highest BCUT2D eigenvalue weighted by molar-refractivity contribution is 7.89. The zero-order valence-corrected chi connectivity index (χ0v) is 11.3. The number of hydrogen-bond donors (Lipinski definition) is 2. The molecule has 0 radical (unpaired) electrons. The summed E-state index contributed by atoms with van der Waals surface area (Å²) in [4.78, 5) is 11.2. The van der Waals surface area contributed by atoms with Crippen molar-refractivity contribution >= 4 is 21.0 Å². The van der Waals surface area contributed by atoms with E-state index in [1.54, 1.807) is 0 Å². The average molecular weight is 295 g/mol. The van der Waals surface area contributed by atoms with Crippen LogP contribution in [0.25, 0.3) is 11.0 Å². The Bertz CT molecular complexity index is 805. The molecule has 0 bridgehead atoms. The number of benzene rings is 1. The predicted octanol–water partition coefficient (Wildman–Crippen LogP) is 0.595. The van der Waals surface area contributed by atoms with Gasteiger partial charge in [0.1, 0.15) is 5.58 Å². The molecule has 6 nitrogen and oxygen atoms in total. The zero-order chi connectivity index (χ0) is 14.3. The third kappa shape index (κ3) is 2.47. The van der Waals surface area contributed by atoms with E-state index in [0.717, 1.165) is 0 Å². The van der Waals surface area contributed by atoms with Crippen molar-refractivity contribution in [2.75, 3.05) is 0 Å². The van der Waals surface area contributed by atoms with Crippen LogP contribution in [0.3, 0.4) is 0 Å². The fraction of sp³-hybridized carbons (Fsp3) is 0.308. The Morgan fingerprint density at radius 1 is 1.20 bits per heavy atom. The quantitative estimate of drug-likeness (QED) is 0.808. The minimum absolute atomic E-state index is 0.111. The second-order valence-electron chi connectivity index (χ2n) is 4.90. The third-order valence-corrected chi connectivity index (χ3v) is 4.85. The number of fused-ring (bicyclic) bond motifs is 1. The number of hydrogen-bond acceptors (Lipinski definition) is 5. The zero-order valence-electron chi connectivity index (χ0n) is 10.4. The van der Waals surface area contributed by atoms with Crippen molar-refractivity contribution in [1.29, 1.82) is 0 Å². The Morgan fingerprint density at radius 2 is 1.95 bits per heavy atom. The molecule has 0 atom stereocenters. The maximum atomic E-state index is 12.2. The summed E-state index contributed by atoms with van der Waals surface area (Å²) in [5.74, 6) is 0. The molecule has 0 amide bonds. The Morgan fingerprint density at radius 3 is 2.65 bits per heavy atom. The van der Waals surface area contributed by atoms with Crippen LogP contribution in [-0.2, 0) is 10.0 Å². The van der Waals surface area contributed by atoms with Crippen molar-refractivity contribution in [3.63, 3.8) is 0 Å². The van der Waals surface area contributed by atoms with E-state index in [9.17, 15) is 18.3 Å². The normalized spacial score (nSPS) is 22.6. The van der Waals surface area contributed by atoms with Gasteiger partial charge in [0.15, 0.2) is 0 Å². The molecule has 3 rings (SSSR count). The maximum absolute atomic E-state index is 12.2. The molecule has 0 unspecified atom stereocenters. The molecule has 1 heterocycles. The molecular formula is C13H13NO5S. The lowest BCUT2D eigenvalue weighted by atomic mass is 9.91. The van der Waals surface area contributed by atoms with Crippen molar-refractivity contribution in [3.8, 4) is 0 Å². The van der Waals surface area contributed by atoms with E-state index in [-0.39, 0.29) is 10.9 Å². The van der Waals surface area contributed by atoms with E-state index in [0.29, 0.717) is 23.8 Å². The maximum Gasteiger partial charge on any atom is 0.336 e. The Labute approximate surface area is 115 Å². The highest BCUT2D eigenvalue weighted by atomic mass is 32.2. The molecule has 1 aromatic carbocycles. The molecule has 0 saturated heterocycles. The van der Waals surface area contributed by atoms with Gasteiger partial charge in [0.05, 0.1) is 11.0 Å². The number of aliphatic hydroxyl groups excluding tert-OH is 1. The summed E-state index contributed by atoms with van der Waals surface area (Å²) in [6.07, 6.45) is 0.442. The highest BCUT2D eigenvalue weighted by Gasteiger charge is 2.31. The summed E-state index contributed by atoms with van der Waals surface area (Å²) in [5.41, 5.74) is -0.134. The minimum Gasteiger partial charge on any atom is -0.423 e. The number of rotatable bonds is 3. The van der Waals surface area contributed by atoms with Crippen molar-refractivity contribution in [3.05, 3.63) is 40.8 Å². The molecule has 20 heavy (non-hydrogen) atoms. The average Bonchev–Trinajstić information content (AvgIpc) is 2.36. The van der Waals surface area contributed by atoms with Crippen LogP contribution >= 0.6 is 0 Å². The van der Waals surface area contributed by atoms with Gasteiger partial charge in [-0.2, -0.15) is 0 Å². The summed E-state index contributed by atoms with van der Waals surface area (Å²) in [6, 6.07) is 6.85.